The Bertz CT molecular complexity index is 1040. The lowest BCUT2D eigenvalue weighted by atomic mass is 9.87. The number of H-pyrrole nitrogens is 1. The molecular formula is C23H24N2O3. The number of benzene rings is 2. The van der Waals surface area contributed by atoms with E-state index in [0.717, 1.165) is 29.9 Å². The molecule has 0 spiro atoms. The van der Waals surface area contributed by atoms with Crippen molar-refractivity contribution in [3.63, 3.8) is 0 Å². The molecule has 144 valence electrons. The number of carbonyl (C=O) groups is 1. The summed E-state index contributed by atoms with van der Waals surface area (Å²) in [5.74, 6) is 2.09. The molecule has 1 aromatic heterocycles. The molecule has 2 atom stereocenters. The van der Waals surface area contributed by atoms with Crippen LogP contribution in [0.15, 0.2) is 42.5 Å². The fourth-order valence-corrected chi connectivity index (χ4v) is 4.20. The van der Waals surface area contributed by atoms with Crippen molar-refractivity contribution in [1.29, 1.82) is 0 Å². The lowest BCUT2D eigenvalue weighted by Gasteiger charge is -2.26. The molecule has 1 amide bonds. The van der Waals surface area contributed by atoms with Gasteiger partial charge >= 0.3 is 0 Å². The SMILES string of the molecule is C[C@H]1CCc2[nH]c3ccc(C(=O)NC[C@@H]4COc5ccccc5O4)cc3c2C1. The predicted molar refractivity (Wildman–Crippen MR) is 108 cm³/mol. The summed E-state index contributed by atoms with van der Waals surface area (Å²) in [7, 11) is 0. The molecule has 5 nitrogen and oxygen atoms in total. The topological polar surface area (TPSA) is 63.4 Å². The third-order valence-corrected chi connectivity index (χ3v) is 5.75. The average molecular weight is 376 g/mol. The van der Waals surface area contributed by atoms with Gasteiger partial charge < -0.3 is 19.8 Å². The molecule has 0 saturated carbocycles. The lowest BCUT2D eigenvalue weighted by Crippen LogP contribution is -2.40. The molecular weight excluding hydrogens is 352 g/mol. The summed E-state index contributed by atoms with van der Waals surface area (Å²) in [6, 6.07) is 13.5. The van der Waals surface area contributed by atoms with Crippen LogP contribution in [0.5, 0.6) is 11.5 Å². The number of para-hydroxylation sites is 2. The minimum atomic E-state index is -0.191. The van der Waals surface area contributed by atoms with E-state index < -0.39 is 0 Å². The van der Waals surface area contributed by atoms with E-state index in [1.54, 1.807) is 0 Å². The first-order valence-electron chi connectivity index (χ1n) is 9.97. The number of hydrogen-bond donors (Lipinski definition) is 2. The summed E-state index contributed by atoms with van der Waals surface area (Å²) < 4.78 is 11.6. The third-order valence-electron chi connectivity index (χ3n) is 5.75. The van der Waals surface area contributed by atoms with Gasteiger partial charge in [0, 0.05) is 22.2 Å². The van der Waals surface area contributed by atoms with E-state index in [0.29, 0.717) is 24.6 Å². The molecule has 0 radical (unpaired) electrons. The lowest BCUT2D eigenvalue weighted by molar-refractivity contribution is 0.0789. The fraction of sp³-hybridized carbons (Fsp3) is 0.348. The highest BCUT2D eigenvalue weighted by molar-refractivity contribution is 5.99. The van der Waals surface area contributed by atoms with Gasteiger partial charge in [0.05, 0.1) is 6.54 Å². The van der Waals surface area contributed by atoms with Crippen LogP contribution in [0, 0.1) is 5.92 Å². The zero-order chi connectivity index (χ0) is 19.1. The monoisotopic (exact) mass is 376 g/mol. The Morgan fingerprint density at radius 1 is 1.21 bits per heavy atom. The highest BCUT2D eigenvalue weighted by Gasteiger charge is 2.23. The summed E-state index contributed by atoms with van der Waals surface area (Å²) in [6.45, 7) is 3.13. The molecule has 0 fully saturated rings. The second-order valence-electron chi connectivity index (χ2n) is 7.90. The van der Waals surface area contributed by atoms with Crippen LogP contribution in [0.4, 0.5) is 0 Å². The molecule has 28 heavy (non-hydrogen) atoms. The van der Waals surface area contributed by atoms with Gasteiger partial charge in [-0.3, -0.25) is 4.79 Å². The van der Waals surface area contributed by atoms with Crippen LogP contribution in [0.2, 0.25) is 0 Å². The zero-order valence-electron chi connectivity index (χ0n) is 16.0. The van der Waals surface area contributed by atoms with E-state index in [-0.39, 0.29) is 12.0 Å². The summed E-state index contributed by atoms with van der Waals surface area (Å²) in [6.07, 6.45) is 3.20. The van der Waals surface area contributed by atoms with Gasteiger partial charge in [-0.25, -0.2) is 0 Å². The van der Waals surface area contributed by atoms with Crippen molar-refractivity contribution in [3.05, 3.63) is 59.3 Å². The van der Waals surface area contributed by atoms with Gasteiger partial charge in [0.25, 0.3) is 5.91 Å². The molecule has 2 heterocycles. The van der Waals surface area contributed by atoms with Crippen molar-refractivity contribution in [1.82, 2.24) is 10.3 Å². The molecule has 5 rings (SSSR count). The minimum absolute atomic E-state index is 0.0804. The van der Waals surface area contributed by atoms with Crippen LogP contribution in [-0.2, 0) is 12.8 Å². The molecule has 1 aliphatic carbocycles. The number of fused-ring (bicyclic) bond motifs is 4. The summed E-state index contributed by atoms with van der Waals surface area (Å²) in [5, 5.41) is 4.17. The maximum atomic E-state index is 12.7. The number of rotatable bonds is 3. The van der Waals surface area contributed by atoms with Crippen molar-refractivity contribution in [2.75, 3.05) is 13.2 Å². The Kier molecular flexibility index (Phi) is 4.23. The van der Waals surface area contributed by atoms with E-state index in [9.17, 15) is 4.79 Å². The molecule has 0 bridgehead atoms. The van der Waals surface area contributed by atoms with Crippen LogP contribution in [0.3, 0.4) is 0 Å². The average Bonchev–Trinajstić information content (AvgIpc) is 3.09. The van der Waals surface area contributed by atoms with Gasteiger partial charge in [0.2, 0.25) is 0 Å². The minimum Gasteiger partial charge on any atom is -0.486 e. The van der Waals surface area contributed by atoms with Gasteiger partial charge in [-0.05, 0) is 61.1 Å². The molecule has 1 aliphatic heterocycles. The maximum Gasteiger partial charge on any atom is 0.251 e. The summed E-state index contributed by atoms with van der Waals surface area (Å²) >= 11 is 0. The maximum absolute atomic E-state index is 12.7. The highest BCUT2D eigenvalue weighted by Crippen LogP contribution is 2.32. The van der Waals surface area contributed by atoms with Crippen molar-refractivity contribution in [2.45, 2.75) is 32.3 Å². The highest BCUT2D eigenvalue weighted by atomic mass is 16.6. The van der Waals surface area contributed by atoms with Crippen LogP contribution >= 0.6 is 0 Å². The number of ether oxygens (including phenoxy) is 2. The molecule has 2 aliphatic rings. The fourth-order valence-electron chi connectivity index (χ4n) is 4.20. The Morgan fingerprint density at radius 3 is 2.96 bits per heavy atom. The normalized spacial score (nSPS) is 20.6. The van der Waals surface area contributed by atoms with Crippen molar-refractivity contribution in [2.24, 2.45) is 5.92 Å². The first-order chi connectivity index (χ1) is 13.7. The van der Waals surface area contributed by atoms with E-state index in [4.69, 9.17) is 9.47 Å². The second-order valence-corrected chi connectivity index (χ2v) is 7.90. The Morgan fingerprint density at radius 2 is 2.07 bits per heavy atom. The van der Waals surface area contributed by atoms with Crippen LogP contribution in [0.25, 0.3) is 10.9 Å². The molecule has 5 heteroatoms. The second kappa shape index (κ2) is 6.89. The molecule has 2 aromatic carbocycles. The number of aromatic nitrogens is 1. The van der Waals surface area contributed by atoms with Gasteiger partial charge in [0.15, 0.2) is 11.5 Å². The Labute approximate surface area is 164 Å². The van der Waals surface area contributed by atoms with Crippen LogP contribution in [0.1, 0.15) is 35.0 Å². The quantitative estimate of drug-likeness (QED) is 0.730. The molecule has 2 N–H and O–H groups in total. The number of aryl methyl sites for hydroxylation is 1. The van der Waals surface area contributed by atoms with E-state index >= 15 is 0 Å². The van der Waals surface area contributed by atoms with Crippen molar-refractivity contribution in [3.8, 4) is 11.5 Å². The van der Waals surface area contributed by atoms with Crippen molar-refractivity contribution >= 4 is 16.8 Å². The first kappa shape index (κ1) is 17.2. The van der Waals surface area contributed by atoms with Gasteiger partial charge in [0.1, 0.15) is 12.7 Å². The van der Waals surface area contributed by atoms with Crippen LogP contribution in [-0.4, -0.2) is 30.1 Å². The van der Waals surface area contributed by atoms with Crippen molar-refractivity contribution < 1.29 is 14.3 Å². The summed E-state index contributed by atoms with van der Waals surface area (Å²) in [4.78, 5) is 16.2. The number of aromatic amines is 1. The standard InChI is InChI=1S/C23H24N2O3/c1-14-6-8-19-17(10-14)18-11-15(7-9-20(18)25-19)23(26)24-12-16-13-27-21-4-2-3-5-22(21)28-16/h2-5,7,9,11,14,16,25H,6,8,10,12-13H2,1H3,(H,24,26)/t14-,16+/m0/s1. The largest absolute Gasteiger partial charge is 0.486 e. The van der Waals surface area contributed by atoms with E-state index in [1.165, 1.54) is 23.1 Å². The number of carbonyl (C=O) groups excluding carboxylic acids is 1. The van der Waals surface area contributed by atoms with E-state index in [1.807, 2.05) is 42.5 Å². The molecule has 3 aromatic rings. The number of hydrogen-bond acceptors (Lipinski definition) is 3. The first-order valence-corrected chi connectivity index (χ1v) is 9.97. The third kappa shape index (κ3) is 3.11. The van der Waals surface area contributed by atoms with E-state index in [2.05, 4.69) is 17.2 Å². The number of nitrogens with one attached hydrogen (secondary N) is 2. The van der Waals surface area contributed by atoms with Crippen LogP contribution < -0.4 is 14.8 Å². The summed E-state index contributed by atoms with van der Waals surface area (Å²) in [5.41, 5.74) is 4.52. The smallest absolute Gasteiger partial charge is 0.251 e. The Hall–Kier alpha value is -2.95. The van der Waals surface area contributed by atoms with Gasteiger partial charge in [-0.1, -0.05) is 19.1 Å². The number of amides is 1. The molecule has 0 unspecified atom stereocenters. The predicted octanol–water partition coefficient (Wildman–Crippen LogP) is 3.86. The molecule has 0 saturated heterocycles. The Balaban J connectivity index is 1.29. The van der Waals surface area contributed by atoms with Gasteiger partial charge in [-0.2, -0.15) is 0 Å². The van der Waals surface area contributed by atoms with Gasteiger partial charge in [-0.15, -0.1) is 0 Å². The zero-order valence-corrected chi connectivity index (χ0v) is 16.0.